The van der Waals surface area contributed by atoms with E-state index >= 15 is 0 Å². The highest BCUT2D eigenvalue weighted by atomic mass is 35.5. The quantitative estimate of drug-likeness (QED) is 0.860. The summed E-state index contributed by atoms with van der Waals surface area (Å²) in [4.78, 5) is 6.23. The number of nitrogens with zero attached hydrogens (tertiary/aromatic N) is 3. The summed E-state index contributed by atoms with van der Waals surface area (Å²) in [6, 6.07) is 4.70. The fraction of sp³-hybridized carbons (Fsp3) is 0.438. The van der Waals surface area contributed by atoms with Crippen LogP contribution in [0.2, 0.25) is 0 Å². The molecular formula is C16H21Cl2F3N4. The van der Waals surface area contributed by atoms with Crippen molar-refractivity contribution in [1.29, 1.82) is 0 Å². The average Bonchev–Trinajstić information content (AvgIpc) is 2.97. The number of nitrogens with two attached hydrogens (primary N) is 1. The van der Waals surface area contributed by atoms with Gasteiger partial charge >= 0.3 is 6.18 Å². The molecule has 1 aliphatic heterocycles. The summed E-state index contributed by atoms with van der Waals surface area (Å²) in [5.74, 6) is 0.477. The normalized spacial score (nSPS) is 16.2. The summed E-state index contributed by atoms with van der Waals surface area (Å²) in [7, 11) is 0. The standard InChI is InChI=1S/C16H19F3N4.2ClH/c17-16(18,19)13-1-2-15(21-9-13)23-8-3-12(11-23)10-22-6-4-14(20)5-7-22;;/h1-3,8-9,11,14H,4-7,10,20H2;2*1H. The van der Waals surface area contributed by atoms with Crippen LogP contribution in [0.1, 0.15) is 24.0 Å². The molecule has 0 unspecified atom stereocenters. The van der Waals surface area contributed by atoms with Gasteiger partial charge < -0.3 is 10.3 Å². The second kappa shape index (κ2) is 8.89. The van der Waals surface area contributed by atoms with Gasteiger partial charge in [0.1, 0.15) is 5.82 Å². The Morgan fingerprint density at radius 3 is 2.36 bits per heavy atom. The molecule has 0 radical (unpaired) electrons. The Morgan fingerprint density at radius 1 is 1.12 bits per heavy atom. The third-order valence-electron chi connectivity index (χ3n) is 4.13. The summed E-state index contributed by atoms with van der Waals surface area (Å²) in [6.07, 6.45) is 2.23. The number of likely N-dealkylation sites (tertiary alicyclic amines) is 1. The zero-order valence-corrected chi connectivity index (χ0v) is 15.1. The van der Waals surface area contributed by atoms with E-state index in [4.69, 9.17) is 5.73 Å². The summed E-state index contributed by atoms with van der Waals surface area (Å²) in [5, 5.41) is 0. The Labute approximate surface area is 157 Å². The molecule has 2 N–H and O–H groups in total. The second-order valence-electron chi connectivity index (χ2n) is 5.94. The molecule has 0 atom stereocenters. The minimum absolute atomic E-state index is 0. The molecule has 2 aromatic heterocycles. The van der Waals surface area contributed by atoms with E-state index in [1.807, 2.05) is 18.5 Å². The molecule has 25 heavy (non-hydrogen) atoms. The highest BCUT2D eigenvalue weighted by molar-refractivity contribution is 5.85. The number of pyridine rings is 1. The van der Waals surface area contributed by atoms with Crippen LogP contribution in [0.15, 0.2) is 36.8 Å². The number of piperidine rings is 1. The number of halogens is 5. The van der Waals surface area contributed by atoms with Crippen LogP contribution in [0.3, 0.4) is 0 Å². The molecule has 0 aliphatic carbocycles. The fourth-order valence-electron chi connectivity index (χ4n) is 2.75. The van der Waals surface area contributed by atoms with Gasteiger partial charge in [0, 0.05) is 31.2 Å². The van der Waals surface area contributed by atoms with Gasteiger partial charge in [0.25, 0.3) is 0 Å². The van der Waals surface area contributed by atoms with Gasteiger partial charge in [-0.05, 0) is 49.7 Å². The van der Waals surface area contributed by atoms with E-state index in [1.165, 1.54) is 6.07 Å². The molecule has 1 fully saturated rings. The molecular weight excluding hydrogens is 376 g/mol. The molecule has 140 valence electrons. The zero-order chi connectivity index (χ0) is 16.4. The van der Waals surface area contributed by atoms with Crippen LogP contribution in [-0.2, 0) is 12.7 Å². The molecule has 3 heterocycles. The minimum atomic E-state index is -4.36. The highest BCUT2D eigenvalue weighted by Gasteiger charge is 2.30. The topological polar surface area (TPSA) is 47.1 Å². The molecule has 0 aromatic carbocycles. The number of hydrogen-bond acceptors (Lipinski definition) is 3. The maximum absolute atomic E-state index is 12.6. The zero-order valence-electron chi connectivity index (χ0n) is 13.4. The van der Waals surface area contributed by atoms with Crippen molar-refractivity contribution in [2.45, 2.75) is 31.6 Å². The van der Waals surface area contributed by atoms with Crippen LogP contribution in [-0.4, -0.2) is 33.6 Å². The van der Waals surface area contributed by atoms with Gasteiger partial charge in [0.2, 0.25) is 0 Å². The van der Waals surface area contributed by atoms with Crippen molar-refractivity contribution in [2.24, 2.45) is 5.73 Å². The van der Waals surface area contributed by atoms with E-state index in [0.29, 0.717) is 11.9 Å². The van der Waals surface area contributed by atoms with Crippen molar-refractivity contribution in [3.8, 4) is 5.82 Å². The lowest BCUT2D eigenvalue weighted by atomic mass is 10.1. The van der Waals surface area contributed by atoms with E-state index in [0.717, 1.165) is 50.3 Å². The van der Waals surface area contributed by atoms with Crippen LogP contribution < -0.4 is 5.73 Å². The summed E-state index contributed by atoms with van der Waals surface area (Å²) < 4.78 is 39.4. The first kappa shape index (κ1) is 21.8. The highest BCUT2D eigenvalue weighted by Crippen LogP contribution is 2.28. The van der Waals surface area contributed by atoms with Gasteiger partial charge in [-0.3, -0.25) is 4.90 Å². The lowest BCUT2D eigenvalue weighted by molar-refractivity contribution is -0.137. The molecule has 3 rings (SSSR count). The molecule has 9 heteroatoms. The van der Waals surface area contributed by atoms with E-state index in [-0.39, 0.29) is 24.8 Å². The van der Waals surface area contributed by atoms with Gasteiger partial charge in [-0.25, -0.2) is 4.98 Å². The number of hydrogen-bond donors (Lipinski definition) is 1. The Bertz CT molecular complexity index is 650. The van der Waals surface area contributed by atoms with Crippen LogP contribution in [0.25, 0.3) is 5.82 Å². The Kier molecular flexibility index (Phi) is 7.74. The second-order valence-corrected chi connectivity index (χ2v) is 5.94. The summed E-state index contributed by atoms with van der Waals surface area (Å²) in [5.41, 5.74) is 6.27. The predicted molar refractivity (Wildman–Crippen MR) is 95.5 cm³/mol. The third kappa shape index (κ3) is 5.60. The number of aromatic nitrogens is 2. The lowest BCUT2D eigenvalue weighted by Crippen LogP contribution is -2.39. The van der Waals surface area contributed by atoms with Crippen molar-refractivity contribution >= 4 is 24.8 Å². The van der Waals surface area contributed by atoms with Gasteiger partial charge in [-0.2, -0.15) is 13.2 Å². The molecule has 4 nitrogen and oxygen atoms in total. The van der Waals surface area contributed by atoms with Crippen LogP contribution in [0.5, 0.6) is 0 Å². The van der Waals surface area contributed by atoms with Gasteiger partial charge in [-0.15, -0.1) is 24.8 Å². The van der Waals surface area contributed by atoms with Crippen molar-refractivity contribution in [3.05, 3.63) is 47.9 Å². The van der Waals surface area contributed by atoms with Crippen molar-refractivity contribution in [2.75, 3.05) is 13.1 Å². The molecule has 0 saturated carbocycles. The summed E-state index contributed by atoms with van der Waals surface area (Å²) in [6.45, 7) is 2.77. The van der Waals surface area contributed by atoms with Crippen LogP contribution >= 0.6 is 24.8 Å². The first-order valence-corrected chi connectivity index (χ1v) is 7.60. The lowest BCUT2D eigenvalue weighted by Gasteiger charge is -2.29. The molecule has 1 saturated heterocycles. The van der Waals surface area contributed by atoms with E-state index in [1.54, 1.807) is 4.57 Å². The maximum Gasteiger partial charge on any atom is 0.417 e. The Balaban J connectivity index is 0.00000156. The Hall–Kier alpha value is -1.28. The summed E-state index contributed by atoms with van der Waals surface area (Å²) >= 11 is 0. The van der Waals surface area contributed by atoms with Crippen LogP contribution in [0.4, 0.5) is 13.2 Å². The van der Waals surface area contributed by atoms with Crippen molar-refractivity contribution in [1.82, 2.24) is 14.5 Å². The van der Waals surface area contributed by atoms with E-state index in [9.17, 15) is 13.2 Å². The maximum atomic E-state index is 12.6. The predicted octanol–water partition coefficient (Wildman–Crippen LogP) is 3.66. The largest absolute Gasteiger partial charge is 0.417 e. The van der Waals surface area contributed by atoms with Crippen molar-refractivity contribution < 1.29 is 13.2 Å². The molecule has 2 aromatic rings. The fourth-order valence-corrected chi connectivity index (χ4v) is 2.75. The third-order valence-corrected chi connectivity index (χ3v) is 4.13. The van der Waals surface area contributed by atoms with Gasteiger partial charge in [0.05, 0.1) is 5.56 Å². The van der Waals surface area contributed by atoms with E-state index < -0.39 is 11.7 Å². The molecule has 0 spiro atoms. The van der Waals surface area contributed by atoms with Crippen molar-refractivity contribution in [3.63, 3.8) is 0 Å². The molecule has 0 amide bonds. The van der Waals surface area contributed by atoms with Gasteiger partial charge in [-0.1, -0.05) is 0 Å². The molecule has 0 bridgehead atoms. The first-order valence-electron chi connectivity index (χ1n) is 7.60. The van der Waals surface area contributed by atoms with Gasteiger partial charge in [0.15, 0.2) is 0 Å². The Morgan fingerprint density at radius 2 is 1.80 bits per heavy atom. The van der Waals surface area contributed by atoms with E-state index in [2.05, 4.69) is 9.88 Å². The average molecular weight is 397 g/mol. The minimum Gasteiger partial charge on any atom is -0.328 e. The number of alkyl halides is 3. The smallest absolute Gasteiger partial charge is 0.328 e. The molecule has 1 aliphatic rings. The monoisotopic (exact) mass is 396 g/mol. The van der Waals surface area contributed by atoms with Crippen LogP contribution in [0, 0.1) is 0 Å². The number of rotatable bonds is 3. The SMILES string of the molecule is Cl.Cl.NC1CCN(Cc2ccn(-c3ccc(C(F)(F)F)cn3)c2)CC1. The first-order chi connectivity index (χ1) is 10.9.